The van der Waals surface area contributed by atoms with Crippen LogP contribution in [0.5, 0.6) is 11.5 Å². The highest BCUT2D eigenvalue weighted by molar-refractivity contribution is 6.01. The molecule has 3 rings (SSSR count). The normalized spacial score (nSPS) is 11.3. The summed E-state index contributed by atoms with van der Waals surface area (Å²) in [6, 6.07) is 12.1. The number of phenols is 1. The number of rotatable bonds is 5. The molecule has 0 spiro atoms. The molecule has 0 unspecified atom stereocenters. The zero-order valence-electron chi connectivity index (χ0n) is 14.7. The van der Waals surface area contributed by atoms with Gasteiger partial charge < -0.3 is 9.84 Å². The van der Waals surface area contributed by atoms with Gasteiger partial charge in [0.2, 0.25) is 0 Å². The van der Waals surface area contributed by atoms with E-state index in [4.69, 9.17) is 4.74 Å². The topological polar surface area (TPSA) is 99.6 Å². The molecule has 1 aromatic heterocycles. The fourth-order valence-corrected chi connectivity index (χ4v) is 2.37. The maximum Gasteiger partial charge on any atom is 0.289 e. The predicted molar refractivity (Wildman–Crippen MR) is 98.3 cm³/mol. The monoisotopic (exact) mass is 368 g/mol. The van der Waals surface area contributed by atoms with Gasteiger partial charge in [0.05, 0.1) is 18.5 Å². The van der Waals surface area contributed by atoms with Crippen LogP contribution in [-0.2, 0) is 0 Å². The van der Waals surface area contributed by atoms with Crippen molar-refractivity contribution in [3.8, 4) is 22.8 Å². The van der Waals surface area contributed by atoms with Gasteiger partial charge in [-0.15, -0.1) is 0 Å². The van der Waals surface area contributed by atoms with E-state index in [0.29, 0.717) is 28.3 Å². The van der Waals surface area contributed by atoms with Gasteiger partial charge in [-0.3, -0.25) is 9.89 Å². The van der Waals surface area contributed by atoms with Crippen molar-refractivity contribution in [3.05, 3.63) is 65.6 Å². The summed E-state index contributed by atoms with van der Waals surface area (Å²) in [7, 11) is 1.45. The number of amides is 1. The Kier molecular flexibility index (Phi) is 5.16. The van der Waals surface area contributed by atoms with Crippen LogP contribution in [0.25, 0.3) is 11.3 Å². The lowest BCUT2D eigenvalue weighted by atomic mass is 10.1. The molecule has 0 radical (unpaired) electrons. The van der Waals surface area contributed by atoms with Gasteiger partial charge in [0.25, 0.3) is 5.91 Å². The number of hydrogen-bond donors (Lipinski definition) is 3. The van der Waals surface area contributed by atoms with Crippen molar-refractivity contribution < 1.29 is 19.0 Å². The third-order valence-electron chi connectivity index (χ3n) is 3.89. The minimum absolute atomic E-state index is 0.0175. The highest BCUT2D eigenvalue weighted by Crippen LogP contribution is 2.26. The highest BCUT2D eigenvalue weighted by atomic mass is 19.1. The van der Waals surface area contributed by atoms with Crippen molar-refractivity contribution in [1.82, 2.24) is 15.6 Å². The molecular formula is C19H17FN4O3. The van der Waals surface area contributed by atoms with Gasteiger partial charge in [0.1, 0.15) is 11.5 Å². The summed E-state index contributed by atoms with van der Waals surface area (Å²) < 4.78 is 18.0. The van der Waals surface area contributed by atoms with Crippen LogP contribution >= 0.6 is 0 Å². The summed E-state index contributed by atoms with van der Waals surface area (Å²) in [6.45, 7) is 1.71. The third kappa shape index (κ3) is 4.12. The number of hydrazone groups is 1. The Balaban J connectivity index is 1.72. The molecule has 8 heteroatoms. The zero-order chi connectivity index (χ0) is 19.4. The molecule has 3 N–H and O–H groups in total. The standard InChI is InChI=1S/C19H17FN4O3/c1-11(13-5-8-17(25)18(9-13)27-2)21-24-19(26)16-10-15(22-23-16)12-3-6-14(20)7-4-12/h3-10,25H,1-2H3,(H,22,23)(H,24,26)/b21-11+. The van der Waals surface area contributed by atoms with Gasteiger partial charge >= 0.3 is 0 Å². The fourth-order valence-electron chi connectivity index (χ4n) is 2.37. The average molecular weight is 368 g/mol. The van der Waals surface area contributed by atoms with Crippen molar-refractivity contribution in [2.45, 2.75) is 6.92 Å². The first-order valence-corrected chi connectivity index (χ1v) is 8.01. The molecule has 138 valence electrons. The van der Waals surface area contributed by atoms with Gasteiger partial charge in [0, 0.05) is 11.1 Å². The number of aromatic amines is 1. The Morgan fingerprint density at radius 1 is 1.22 bits per heavy atom. The first-order chi connectivity index (χ1) is 13.0. The van der Waals surface area contributed by atoms with Crippen LogP contribution in [0.2, 0.25) is 0 Å². The predicted octanol–water partition coefficient (Wildman–Crippen LogP) is 3.08. The second kappa shape index (κ2) is 7.69. The van der Waals surface area contributed by atoms with E-state index in [1.807, 2.05) is 0 Å². The van der Waals surface area contributed by atoms with Gasteiger partial charge in [-0.05, 0) is 55.5 Å². The van der Waals surface area contributed by atoms with E-state index in [9.17, 15) is 14.3 Å². The number of benzene rings is 2. The van der Waals surface area contributed by atoms with Crippen molar-refractivity contribution in [2.24, 2.45) is 5.10 Å². The maximum absolute atomic E-state index is 13.0. The lowest BCUT2D eigenvalue weighted by Gasteiger charge is -2.06. The number of aromatic hydroxyl groups is 1. The number of phenolic OH excluding ortho intramolecular Hbond substituents is 1. The Bertz CT molecular complexity index is 996. The highest BCUT2D eigenvalue weighted by Gasteiger charge is 2.11. The number of carbonyl (C=O) groups is 1. The molecular weight excluding hydrogens is 351 g/mol. The Morgan fingerprint density at radius 2 is 1.96 bits per heavy atom. The maximum atomic E-state index is 13.0. The molecule has 2 aromatic carbocycles. The van der Waals surface area contributed by atoms with E-state index in [2.05, 4.69) is 20.7 Å². The van der Waals surface area contributed by atoms with Gasteiger partial charge in [-0.25, -0.2) is 9.82 Å². The first-order valence-electron chi connectivity index (χ1n) is 8.01. The van der Waals surface area contributed by atoms with E-state index in [-0.39, 0.29) is 17.3 Å². The summed E-state index contributed by atoms with van der Waals surface area (Å²) >= 11 is 0. The zero-order valence-corrected chi connectivity index (χ0v) is 14.7. The number of aromatic nitrogens is 2. The number of carbonyl (C=O) groups excluding carboxylic acids is 1. The van der Waals surface area contributed by atoms with E-state index >= 15 is 0 Å². The first kappa shape index (κ1) is 18.1. The Labute approximate surface area is 154 Å². The number of hydrogen-bond acceptors (Lipinski definition) is 5. The molecule has 0 fully saturated rings. The van der Waals surface area contributed by atoms with Gasteiger partial charge in [0.15, 0.2) is 11.5 Å². The van der Waals surface area contributed by atoms with Crippen LogP contribution in [0.4, 0.5) is 4.39 Å². The van der Waals surface area contributed by atoms with E-state index in [1.54, 1.807) is 37.3 Å². The fraction of sp³-hybridized carbons (Fsp3) is 0.105. The summed E-state index contributed by atoms with van der Waals surface area (Å²) in [6.07, 6.45) is 0. The molecule has 0 aliphatic rings. The molecule has 0 saturated heterocycles. The smallest absolute Gasteiger partial charge is 0.289 e. The minimum Gasteiger partial charge on any atom is -0.504 e. The van der Waals surface area contributed by atoms with Crippen LogP contribution in [-0.4, -0.2) is 34.0 Å². The molecule has 0 aliphatic carbocycles. The summed E-state index contributed by atoms with van der Waals surface area (Å²) in [5, 5.41) is 20.4. The van der Waals surface area contributed by atoms with Crippen LogP contribution in [0.3, 0.4) is 0 Å². The van der Waals surface area contributed by atoms with E-state index < -0.39 is 5.91 Å². The number of halogens is 1. The van der Waals surface area contributed by atoms with E-state index in [0.717, 1.165) is 0 Å². The molecule has 1 heterocycles. The van der Waals surface area contributed by atoms with Crippen LogP contribution in [0.1, 0.15) is 23.0 Å². The summed E-state index contributed by atoms with van der Waals surface area (Å²) in [4.78, 5) is 12.2. The number of nitrogens with one attached hydrogen (secondary N) is 2. The van der Waals surface area contributed by atoms with Crippen LogP contribution in [0.15, 0.2) is 53.6 Å². The third-order valence-corrected chi connectivity index (χ3v) is 3.89. The summed E-state index contributed by atoms with van der Waals surface area (Å²) in [5.41, 5.74) is 5.06. The Hall–Kier alpha value is -3.68. The van der Waals surface area contributed by atoms with Crippen molar-refractivity contribution in [2.75, 3.05) is 7.11 Å². The van der Waals surface area contributed by atoms with Gasteiger partial charge in [-0.1, -0.05) is 0 Å². The second-order valence-corrected chi connectivity index (χ2v) is 5.70. The molecule has 0 saturated carbocycles. The number of methoxy groups -OCH3 is 1. The molecule has 3 aromatic rings. The van der Waals surface area contributed by atoms with Gasteiger partial charge in [-0.2, -0.15) is 10.2 Å². The molecule has 7 nitrogen and oxygen atoms in total. The molecule has 1 amide bonds. The van der Waals surface area contributed by atoms with Crippen LogP contribution < -0.4 is 10.2 Å². The molecule has 0 aliphatic heterocycles. The van der Waals surface area contributed by atoms with Crippen molar-refractivity contribution in [1.29, 1.82) is 0 Å². The number of H-pyrrole nitrogens is 1. The van der Waals surface area contributed by atoms with E-state index in [1.165, 1.54) is 25.3 Å². The second-order valence-electron chi connectivity index (χ2n) is 5.70. The largest absolute Gasteiger partial charge is 0.504 e. The van der Waals surface area contributed by atoms with Crippen molar-refractivity contribution >= 4 is 11.6 Å². The van der Waals surface area contributed by atoms with Crippen LogP contribution in [0, 0.1) is 5.82 Å². The van der Waals surface area contributed by atoms with Crippen molar-refractivity contribution in [3.63, 3.8) is 0 Å². The lowest BCUT2D eigenvalue weighted by molar-refractivity contribution is 0.0950. The number of ether oxygens (including phenoxy) is 1. The number of nitrogens with zero attached hydrogens (tertiary/aromatic N) is 2. The quantitative estimate of drug-likeness (QED) is 0.476. The SMILES string of the molecule is COc1cc(/C(C)=N/NC(=O)c2cc(-c3ccc(F)cc3)n[nH]2)ccc1O. The summed E-state index contributed by atoms with van der Waals surface area (Å²) in [5.74, 6) is -0.487. The molecule has 0 bridgehead atoms. The lowest BCUT2D eigenvalue weighted by Crippen LogP contribution is -2.19. The Morgan fingerprint density at radius 3 is 2.67 bits per heavy atom. The molecule has 0 atom stereocenters. The average Bonchev–Trinajstić information content (AvgIpc) is 3.17. The molecule has 27 heavy (non-hydrogen) atoms. The minimum atomic E-state index is -0.471.